The molecule has 1 aromatic heterocycles. The van der Waals surface area contributed by atoms with E-state index in [1.54, 1.807) is 12.1 Å². The summed E-state index contributed by atoms with van der Waals surface area (Å²) in [4.78, 5) is 16.4. The van der Waals surface area contributed by atoms with Crippen LogP contribution in [0.5, 0.6) is 0 Å². The van der Waals surface area contributed by atoms with Crippen LogP contribution in [0.15, 0.2) is 18.3 Å². The van der Waals surface area contributed by atoms with E-state index < -0.39 is 0 Å². The van der Waals surface area contributed by atoms with Crippen LogP contribution in [0.4, 0.5) is 5.82 Å². The highest BCUT2D eigenvalue weighted by atomic mass is 16.1. The summed E-state index contributed by atoms with van der Waals surface area (Å²) in [5.74, 6) is 0.727. The number of rotatable bonds is 4. The van der Waals surface area contributed by atoms with Gasteiger partial charge in [-0.3, -0.25) is 4.79 Å². The first-order chi connectivity index (χ1) is 7.17. The van der Waals surface area contributed by atoms with Crippen LogP contribution >= 0.6 is 0 Å². The van der Waals surface area contributed by atoms with Gasteiger partial charge in [-0.05, 0) is 19.1 Å². The maximum atomic E-state index is 10.4. The van der Waals surface area contributed by atoms with Crippen molar-refractivity contribution in [1.29, 1.82) is 5.26 Å². The van der Waals surface area contributed by atoms with Gasteiger partial charge in [-0.2, -0.15) is 5.26 Å². The predicted octanol–water partition coefficient (Wildman–Crippen LogP) is 1.49. The third-order valence-corrected chi connectivity index (χ3v) is 2.07. The van der Waals surface area contributed by atoms with Crippen LogP contribution in [0, 0.1) is 17.2 Å². The smallest absolute Gasteiger partial charge is 0.151 e. The zero-order valence-electron chi connectivity index (χ0n) is 8.84. The lowest BCUT2D eigenvalue weighted by molar-refractivity contribution is 0.112. The summed E-state index contributed by atoms with van der Waals surface area (Å²) in [6, 6.07) is 5.65. The largest absolute Gasteiger partial charge is 0.358 e. The molecule has 0 aliphatic rings. The molecule has 1 heterocycles. The molecule has 4 heteroatoms. The summed E-state index contributed by atoms with van der Waals surface area (Å²) >= 11 is 0. The molecular weight excluding hydrogens is 190 g/mol. The van der Waals surface area contributed by atoms with Crippen molar-refractivity contribution in [3.05, 3.63) is 23.9 Å². The number of aldehydes is 1. The molecule has 15 heavy (non-hydrogen) atoms. The van der Waals surface area contributed by atoms with Crippen molar-refractivity contribution < 1.29 is 4.79 Å². The number of pyridine rings is 1. The topological polar surface area (TPSA) is 57.0 Å². The highest BCUT2D eigenvalue weighted by Gasteiger charge is 2.06. The molecule has 0 aliphatic heterocycles. The Labute approximate surface area is 89.2 Å². The number of hydrogen-bond acceptors (Lipinski definition) is 4. The lowest BCUT2D eigenvalue weighted by atomic mass is 10.2. The number of anilines is 1. The molecule has 1 aromatic rings. The summed E-state index contributed by atoms with van der Waals surface area (Å²) in [6.45, 7) is 2.49. The van der Waals surface area contributed by atoms with Gasteiger partial charge < -0.3 is 4.90 Å². The molecule has 0 saturated carbocycles. The van der Waals surface area contributed by atoms with E-state index >= 15 is 0 Å². The van der Waals surface area contributed by atoms with Gasteiger partial charge >= 0.3 is 0 Å². The Morgan fingerprint density at radius 1 is 1.67 bits per heavy atom. The standard InChI is InChI=1S/C11H13N3O/c1-9(5-12)7-14(2)11-4-3-10(8-15)6-13-11/h3-4,6,8-9H,7H2,1-2H3. The summed E-state index contributed by atoms with van der Waals surface area (Å²) in [5.41, 5.74) is 0.556. The molecule has 0 radical (unpaired) electrons. The molecule has 1 unspecified atom stereocenters. The summed E-state index contributed by atoms with van der Waals surface area (Å²) < 4.78 is 0. The minimum absolute atomic E-state index is 0.0393. The van der Waals surface area contributed by atoms with Crippen molar-refractivity contribution in [2.75, 3.05) is 18.5 Å². The maximum absolute atomic E-state index is 10.4. The van der Waals surface area contributed by atoms with E-state index in [1.165, 1.54) is 6.20 Å². The van der Waals surface area contributed by atoms with Crippen molar-refractivity contribution in [3.63, 3.8) is 0 Å². The number of hydrogen-bond donors (Lipinski definition) is 0. The van der Waals surface area contributed by atoms with Crippen LogP contribution < -0.4 is 4.90 Å². The summed E-state index contributed by atoms with van der Waals surface area (Å²) in [6.07, 6.45) is 2.28. The summed E-state index contributed by atoms with van der Waals surface area (Å²) in [7, 11) is 1.87. The number of nitrogens with zero attached hydrogens (tertiary/aromatic N) is 3. The van der Waals surface area contributed by atoms with Crippen molar-refractivity contribution in [1.82, 2.24) is 4.98 Å². The third kappa shape index (κ3) is 3.06. The monoisotopic (exact) mass is 203 g/mol. The van der Waals surface area contributed by atoms with Crippen LogP contribution in [0.2, 0.25) is 0 Å². The van der Waals surface area contributed by atoms with Crippen molar-refractivity contribution in [2.24, 2.45) is 5.92 Å². The predicted molar refractivity (Wildman–Crippen MR) is 57.7 cm³/mol. The van der Waals surface area contributed by atoms with Gasteiger partial charge in [-0.25, -0.2) is 4.98 Å². The minimum Gasteiger partial charge on any atom is -0.358 e. The molecule has 1 rings (SSSR count). The molecule has 78 valence electrons. The van der Waals surface area contributed by atoms with Crippen molar-refractivity contribution in [3.8, 4) is 6.07 Å². The highest BCUT2D eigenvalue weighted by molar-refractivity contribution is 5.74. The van der Waals surface area contributed by atoms with Gasteiger partial charge in [0.1, 0.15) is 5.82 Å². The van der Waals surface area contributed by atoms with Gasteiger partial charge in [0.15, 0.2) is 6.29 Å². The van der Waals surface area contributed by atoms with Gasteiger partial charge in [0.2, 0.25) is 0 Å². The fourth-order valence-electron chi connectivity index (χ4n) is 1.24. The van der Waals surface area contributed by atoms with Crippen LogP contribution in [-0.4, -0.2) is 24.9 Å². The van der Waals surface area contributed by atoms with E-state index in [4.69, 9.17) is 5.26 Å². The number of carbonyl (C=O) groups is 1. The molecule has 0 aromatic carbocycles. The Bertz CT molecular complexity index is 366. The van der Waals surface area contributed by atoms with Crippen molar-refractivity contribution >= 4 is 12.1 Å². The Kier molecular flexibility index (Phi) is 3.81. The summed E-state index contributed by atoms with van der Waals surface area (Å²) in [5, 5.41) is 8.67. The number of aromatic nitrogens is 1. The Morgan fingerprint density at radius 3 is 2.87 bits per heavy atom. The van der Waals surface area contributed by atoms with E-state index in [1.807, 2.05) is 18.9 Å². The van der Waals surface area contributed by atoms with E-state index in [9.17, 15) is 4.79 Å². The first kappa shape index (κ1) is 11.2. The van der Waals surface area contributed by atoms with Gasteiger partial charge in [-0.15, -0.1) is 0 Å². The first-order valence-electron chi connectivity index (χ1n) is 4.69. The molecule has 1 atom stereocenters. The highest BCUT2D eigenvalue weighted by Crippen LogP contribution is 2.10. The van der Waals surface area contributed by atoms with E-state index in [0.29, 0.717) is 12.1 Å². The fraction of sp³-hybridized carbons (Fsp3) is 0.364. The average molecular weight is 203 g/mol. The normalized spacial score (nSPS) is 11.5. The molecule has 0 spiro atoms. The molecule has 4 nitrogen and oxygen atoms in total. The van der Waals surface area contributed by atoms with Crippen LogP contribution in [0.25, 0.3) is 0 Å². The fourth-order valence-corrected chi connectivity index (χ4v) is 1.24. The second-order valence-electron chi connectivity index (χ2n) is 3.48. The minimum atomic E-state index is -0.0393. The molecule has 0 aliphatic carbocycles. The van der Waals surface area contributed by atoms with Crippen LogP contribution in [-0.2, 0) is 0 Å². The quantitative estimate of drug-likeness (QED) is 0.696. The van der Waals surface area contributed by atoms with E-state index in [-0.39, 0.29) is 5.92 Å². The van der Waals surface area contributed by atoms with Gasteiger partial charge in [0.05, 0.1) is 12.0 Å². The maximum Gasteiger partial charge on any atom is 0.151 e. The molecule has 0 bridgehead atoms. The van der Waals surface area contributed by atoms with Gasteiger partial charge in [0.25, 0.3) is 0 Å². The Hall–Kier alpha value is -1.89. The number of nitriles is 1. The van der Waals surface area contributed by atoms with Crippen LogP contribution in [0.3, 0.4) is 0 Å². The van der Waals surface area contributed by atoms with Gasteiger partial charge in [-0.1, -0.05) is 0 Å². The third-order valence-electron chi connectivity index (χ3n) is 2.07. The average Bonchev–Trinajstić information content (AvgIpc) is 2.29. The van der Waals surface area contributed by atoms with E-state index in [0.717, 1.165) is 12.1 Å². The molecule has 0 fully saturated rings. The lowest BCUT2D eigenvalue weighted by Gasteiger charge is -2.18. The second-order valence-corrected chi connectivity index (χ2v) is 3.48. The zero-order valence-corrected chi connectivity index (χ0v) is 8.84. The molecule has 0 amide bonds. The number of carbonyl (C=O) groups excluding carboxylic acids is 1. The SMILES string of the molecule is CC(C#N)CN(C)c1ccc(C=O)cn1. The molecular formula is C11H13N3O. The molecule has 0 N–H and O–H groups in total. The lowest BCUT2D eigenvalue weighted by Crippen LogP contribution is -2.24. The van der Waals surface area contributed by atoms with Gasteiger partial charge in [0, 0.05) is 25.4 Å². The Morgan fingerprint density at radius 2 is 2.40 bits per heavy atom. The zero-order chi connectivity index (χ0) is 11.3. The first-order valence-corrected chi connectivity index (χ1v) is 4.69. The van der Waals surface area contributed by atoms with Crippen molar-refractivity contribution in [2.45, 2.75) is 6.92 Å². The Balaban J connectivity index is 2.70. The van der Waals surface area contributed by atoms with Crippen LogP contribution in [0.1, 0.15) is 17.3 Å². The van der Waals surface area contributed by atoms with E-state index in [2.05, 4.69) is 11.1 Å². The second kappa shape index (κ2) is 5.11. The molecule has 0 saturated heterocycles.